The zero-order valence-corrected chi connectivity index (χ0v) is 10.4. The van der Waals surface area contributed by atoms with Crippen LogP contribution in [0.3, 0.4) is 0 Å². The monoisotopic (exact) mass is 233 g/mol. The molecule has 3 rings (SSSR count). The molecule has 2 aromatic carbocycles. The summed E-state index contributed by atoms with van der Waals surface area (Å²) in [6.07, 6.45) is 4.28. The maximum Gasteiger partial charge on any atom is 0.0699 e. The Morgan fingerprint density at radius 1 is 0.889 bits per heavy atom. The van der Waals surface area contributed by atoms with E-state index in [4.69, 9.17) is 0 Å². The van der Waals surface area contributed by atoms with Crippen LogP contribution >= 0.6 is 0 Å². The van der Waals surface area contributed by atoms with Gasteiger partial charge in [0.05, 0.1) is 5.36 Å². The van der Waals surface area contributed by atoms with E-state index in [1.807, 2.05) is 18.3 Å². The Morgan fingerprint density at radius 2 is 1.61 bits per heavy atom. The molecule has 1 heteroatoms. The molecule has 18 heavy (non-hydrogen) atoms. The van der Waals surface area contributed by atoms with Crippen LogP contribution in [0, 0.1) is 5.92 Å². The second-order valence-corrected chi connectivity index (χ2v) is 4.59. The van der Waals surface area contributed by atoms with Crippen molar-refractivity contribution in [2.75, 3.05) is 0 Å². The standard InChI is InChI=1S/C17H15N/c1-13-11-15-9-5-6-10-17(15)18-12-16(13)14-7-3-2-4-8-14/h2-13H,1H3. The zero-order chi connectivity index (χ0) is 12.4. The van der Waals surface area contributed by atoms with Crippen molar-refractivity contribution < 1.29 is 0 Å². The van der Waals surface area contributed by atoms with Gasteiger partial charge in [0.15, 0.2) is 0 Å². The number of rotatable bonds is 1. The summed E-state index contributed by atoms with van der Waals surface area (Å²) in [6, 6.07) is 18.7. The average Bonchev–Trinajstić information content (AvgIpc) is 2.58. The van der Waals surface area contributed by atoms with Crippen molar-refractivity contribution >= 4 is 11.6 Å². The van der Waals surface area contributed by atoms with Gasteiger partial charge in [0.2, 0.25) is 0 Å². The third kappa shape index (κ3) is 2.00. The SMILES string of the molecule is CC1C=c2ccccc2=NC=C1c1ccccc1. The van der Waals surface area contributed by atoms with Crippen molar-refractivity contribution in [3.63, 3.8) is 0 Å². The number of nitrogens with zero attached hydrogens (tertiary/aromatic N) is 1. The molecule has 0 N–H and O–H groups in total. The third-order valence-corrected chi connectivity index (χ3v) is 3.31. The highest BCUT2D eigenvalue weighted by molar-refractivity contribution is 5.72. The number of hydrogen-bond donors (Lipinski definition) is 0. The van der Waals surface area contributed by atoms with Crippen LogP contribution in [0.15, 0.2) is 65.8 Å². The maximum atomic E-state index is 4.60. The molecule has 0 aliphatic carbocycles. The molecule has 0 fully saturated rings. The number of benzene rings is 2. The first-order valence-electron chi connectivity index (χ1n) is 6.25. The molecule has 1 aliphatic heterocycles. The lowest BCUT2D eigenvalue weighted by atomic mass is 9.94. The van der Waals surface area contributed by atoms with E-state index >= 15 is 0 Å². The van der Waals surface area contributed by atoms with Gasteiger partial charge in [0, 0.05) is 12.1 Å². The van der Waals surface area contributed by atoms with Crippen molar-refractivity contribution in [1.82, 2.24) is 0 Å². The Bertz CT molecular complexity index is 696. The highest BCUT2D eigenvalue weighted by Crippen LogP contribution is 2.24. The number of para-hydroxylation sites is 1. The van der Waals surface area contributed by atoms with Gasteiger partial charge in [-0.3, -0.25) is 4.99 Å². The molecule has 0 aromatic heterocycles. The van der Waals surface area contributed by atoms with Gasteiger partial charge in [-0.05, 0) is 22.4 Å². The van der Waals surface area contributed by atoms with Crippen LogP contribution in [0.5, 0.6) is 0 Å². The van der Waals surface area contributed by atoms with Gasteiger partial charge in [-0.1, -0.05) is 61.5 Å². The van der Waals surface area contributed by atoms with Crippen LogP contribution < -0.4 is 10.6 Å². The molecule has 1 nitrogen and oxygen atoms in total. The molecule has 1 unspecified atom stereocenters. The van der Waals surface area contributed by atoms with Crippen LogP contribution in [-0.2, 0) is 0 Å². The summed E-state index contributed by atoms with van der Waals surface area (Å²) in [5, 5.41) is 2.27. The normalized spacial score (nSPS) is 17.8. The average molecular weight is 233 g/mol. The lowest BCUT2D eigenvalue weighted by molar-refractivity contribution is 1.02. The molecule has 0 spiro atoms. The lowest BCUT2D eigenvalue weighted by Crippen LogP contribution is -2.23. The van der Waals surface area contributed by atoms with E-state index in [0.717, 1.165) is 5.36 Å². The van der Waals surface area contributed by atoms with Crippen LogP contribution in [-0.4, -0.2) is 0 Å². The summed E-state index contributed by atoms with van der Waals surface area (Å²) >= 11 is 0. The van der Waals surface area contributed by atoms with Crippen molar-refractivity contribution in [3.05, 3.63) is 76.9 Å². The molecule has 0 radical (unpaired) electrons. The first-order valence-corrected chi connectivity index (χ1v) is 6.25. The van der Waals surface area contributed by atoms with Crippen molar-refractivity contribution in [3.8, 4) is 0 Å². The molecular weight excluding hydrogens is 218 g/mol. The molecular formula is C17H15N. The van der Waals surface area contributed by atoms with Gasteiger partial charge in [0.1, 0.15) is 0 Å². The molecule has 0 amide bonds. The largest absolute Gasteiger partial charge is 0.256 e. The molecule has 88 valence electrons. The van der Waals surface area contributed by atoms with Crippen LogP contribution in [0.25, 0.3) is 11.6 Å². The first kappa shape index (κ1) is 11.0. The summed E-state index contributed by atoms with van der Waals surface area (Å²) in [5.41, 5.74) is 2.52. The van der Waals surface area contributed by atoms with Gasteiger partial charge in [-0.15, -0.1) is 0 Å². The van der Waals surface area contributed by atoms with E-state index in [2.05, 4.69) is 60.5 Å². The quantitative estimate of drug-likeness (QED) is 0.718. The first-order chi connectivity index (χ1) is 8.84. The van der Waals surface area contributed by atoms with Crippen molar-refractivity contribution in [2.24, 2.45) is 10.9 Å². The minimum absolute atomic E-state index is 0.375. The molecule has 0 saturated heterocycles. The Morgan fingerprint density at radius 3 is 2.44 bits per heavy atom. The van der Waals surface area contributed by atoms with Gasteiger partial charge in [-0.25, -0.2) is 0 Å². The fourth-order valence-corrected chi connectivity index (χ4v) is 2.33. The van der Waals surface area contributed by atoms with Gasteiger partial charge < -0.3 is 0 Å². The second kappa shape index (κ2) is 4.61. The molecule has 1 atom stereocenters. The van der Waals surface area contributed by atoms with Crippen molar-refractivity contribution in [2.45, 2.75) is 6.92 Å². The predicted octanol–water partition coefficient (Wildman–Crippen LogP) is 2.78. The molecule has 1 heterocycles. The summed E-state index contributed by atoms with van der Waals surface area (Å²) in [6.45, 7) is 2.22. The highest BCUT2D eigenvalue weighted by atomic mass is 14.7. The smallest absolute Gasteiger partial charge is 0.0699 e. The van der Waals surface area contributed by atoms with E-state index in [1.54, 1.807) is 0 Å². The maximum absolute atomic E-state index is 4.60. The number of hydrogen-bond acceptors (Lipinski definition) is 1. The zero-order valence-electron chi connectivity index (χ0n) is 10.4. The van der Waals surface area contributed by atoms with E-state index in [-0.39, 0.29) is 0 Å². The van der Waals surface area contributed by atoms with E-state index in [1.165, 1.54) is 16.4 Å². The molecule has 0 bridgehead atoms. The Balaban J connectivity index is 2.16. The third-order valence-electron chi connectivity index (χ3n) is 3.31. The van der Waals surface area contributed by atoms with E-state index < -0.39 is 0 Å². The van der Waals surface area contributed by atoms with E-state index in [0.29, 0.717) is 5.92 Å². The minimum atomic E-state index is 0.375. The highest BCUT2D eigenvalue weighted by Gasteiger charge is 2.09. The van der Waals surface area contributed by atoms with Gasteiger partial charge in [-0.2, -0.15) is 0 Å². The van der Waals surface area contributed by atoms with Crippen LogP contribution in [0.1, 0.15) is 12.5 Å². The van der Waals surface area contributed by atoms with Crippen LogP contribution in [0.2, 0.25) is 0 Å². The van der Waals surface area contributed by atoms with E-state index in [9.17, 15) is 0 Å². The van der Waals surface area contributed by atoms with Gasteiger partial charge >= 0.3 is 0 Å². The Labute approximate surface area is 107 Å². The summed E-state index contributed by atoms with van der Waals surface area (Å²) < 4.78 is 0. The molecule has 2 aromatic rings. The lowest BCUT2D eigenvalue weighted by Gasteiger charge is -2.10. The van der Waals surface area contributed by atoms with Gasteiger partial charge in [0.25, 0.3) is 0 Å². The van der Waals surface area contributed by atoms with Crippen molar-refractivity contribution in [1.29, 1.82) is 0 Å². The number of fused-ring (bicyclic) bond motifs is 1. The number of allylic oxidation sites excluding steroid dienone is 1. The summed E-state index contributed by atoms with van der Waals surface area (Å²) in [4.78, 5) is 4.60. The molecule has 0 saturated carbocycles. The fraction of sp³-hybridized carbons (Fsp3) is 0.118. The molecule has 1 aliphatic rings. The minimum Gasteiger partial charge on any atom is -0.256 e. The Hall–Kier alpha value is -2.15. The Kier molecular flexibility index (Phi) is 2.81. The summed E-state index contributed by atoms with van der Waals surface area (Å²) in [7, 11) is 0. The second-order valence-electron chi connectivity index (χ2n) is 4.59. The predicted molar refractivity (Wildman–Crippen MR) is 75.3 cm³/mol. The summed E-state index contributed by atoms with van der Waals surface area (Å²) in [5.74, 6) is 0.375. The van der Waals surface area contributed by atoms with Crippen LogP contribution in [0.4, 0.5) is 0 Å². The fourth-order valence-electron chi connectivity index (χ4n) is 2.33. The topological polar surface area (TPSA) is 12.4 Å².